The highest BCUT2D eigenvalue weighted by Crippen LogP contribution is 2.50. The van der Waals surface area contributed by atoms with Crippen LogP contribution in [-0.2, 0) is 11.2 Å². The molecule has 7 heteroatoms. The number of benzene rings is 2. The van der Waals surface area contributed by atoms with Crippen LogP contribution >= 0.6 is 0 Å². The van der Waals surface area contributed by atoms with E-state index in [0.717, 1.165) is 0 Å². The van der Waals surface area contributed by atoms with Crippen LogP contribution in [0.3, 0.4) is 0 Å². The van der Waals surface area contributed by atoms with Crippen LogP contribution in [0.1, 0.15) is 57.6 Å². The lowest BCUT2D eigenvalue weighted by Crippen LogP contribution is -2.44. The van der Waals surface area contributed by atoms with Gasteiger partial charge in [-0.1, -0.05) is 24.3 Å². The average Bonchev–Trinajstić information content (AvgIpc) is 2.62. The Morgan fingerprint density at radius 2 is 1.78 bits per heavy atom. The summed E-state index contributed by atoms with van der Waals surface area (Å²) in [6.45, 7) is 1.17. The first-order valence-corrected chi connectivity index (χ1v) is 8.42. The molecule has 0 aromatic heterocycles. The summed E-state index contributed by atoms with van der Waals surface area (Å²) >= 11 is 0. The van der Waals surface area contributed by atoms with Crippen molar-refractivity contribution >= 4 is 17.3 Å². The second kappa shape index (κ2) is 5.48. The zero-order valence-electron chi connectivity index (χ0n) is 14.4. The summed E-state index contributed by atoms with van der Waals surface area (Å²) in [5.41, 5.74) is -2.05. The molecular weight excluding hydrogens is 350 g/mol. The molecule has 4 rings (SSSR count). The molecule has 0 aliphatic heterocycles. The van der Waals surface area contributed by atoms with Gasteiger partial charge in [-0.05, 0) is 6.92 Å². The molecule has 0 amide bonds. The molecule has 0 bridgehead atoms. The van der Waals surface area contributed by atoms with Crippen LogP contribution in [-0.4, -0.2) is 43.3 Å². The summed E-state index contributed by atoms with van der Waals surface area (Å²) in [5.74, 6) is -2.17. The number of ketones is 2. The fraction of sp³-hybridized carbons (Fsp3) is 0.250. The van der Waals surface area contributed by atoms with Crippen LogP contribution in [0.2, 0.25) is 0 Å². The van der Waals surface area contributed by atoms with Crippen LogP contribution in [0.4, 0.5) is 0 Å². The molecule has 2 aromatic carbocycles. The van der Waals surface area contributed by atoms with Gasteiger partial charge in [-0.25, -0.2) is 0 Å². The van der Waals surface area contributed by atoms with Crippen LogP contribution in [0.15, 0.2) is 24.3 Å². The molecule has 0 radical (unpaired) electrons. The molecule has 2 aliphatic carbocycles. The van der Waals surface area contributed by atoms with E-state index in [-0.39, 0.29) is 46.4 Å². The molecule has 0 fully saturated rings. The molecule has 0 saturated heterocycles. The first kappa shape index (κ1) is 17.4. The normalized spacial score (nSPS) is 23.4. The summed E-state index contributed by atoms with van der Waals surface area (Å²) in [4.78, 5) is 24.8. The van der Waals surface area contributed by atoms with Gasteiger partial charge in [-0.2, -0.15) is 0 Å². The van der Waals surface area contributed by atoms with Crippen molar-refractivity contribution in [2.24, 2.45) is 0 Å². The number of Topliss-reactive ketones (excluding diaryl/α,β-unsaturated/α-hetero) is 1. The van der Waals surface area contributed by atoms with E-state index in [1.807, 2.05) is 0 Å². The quantitative estimate of drug-likeness (QED) is 0.412. The first-order valence-electron chi connectivity index (χ1n) is 8.42. The molecule has 2 aromatic rings. The van der Waals surface area contributed by atoms with E-state index in [0.29, 0.717) is 5.56 Å². The second-order valence-corrected chi connectivity index (χ2v) is 7.07. The van der Waals surface area contributed by atoms with E-state index in [9.17, 15) is 30.0 Å². The summed E-state index contributed by atoms with van der Waals surface area (Å²) < 4.78 is 0. The van der Waals surface area contributed by atoms with E-state index in [4.69, 9.17) is 5.41 Å². The number of aliphatic hydroxyl groups is 2. The zero-order chi connectivity index (χ0) is 19.7. The van der Waals surface area contributed by atoms with E-state index in [1.54, 1.807) is 18.2 Å². The Morgan fingerprint density at radius 1 is 1.15 bits per heavy atom. The largest absolute Gasteiger partial charge is 0.507 e. The van der Waals surface area contributed by atoms with Crippen molar-refractivity contribution in [3.63, 3.8) is 0 Å². The molecule has 2 atom stereocenters. The van der Waals surface area contributed by atoms with Gasteiger partial charge in [0.05, 0.1) is 22.9 Å². The first-order chi connectivity index (χ1) is 12.7. The number of phenols is 2. The van der Waals surface area contributed by atoms with Gasteiger partial charge in [-0.15, -0.1) is 0 Å². The second-order valence-electron chi connectivity index (χ2n) is 7.07. The van der Waals surface area contributed by atoms with Gasteiger partial charge >= 0.3 is 0 Å². The smallest absolute Gasteiger partial charge is 0.198 e. The molecule has 0 heterocycles. The minimum atomic E-state index is -1.91. The highest BCUT2D eigenvalue weighted by molar-refractivity contribution is 6.31. The number of fused-ring (bicyclic) bond motifs is 3. The third kappa shape index (κ3) is 2.19. The Bertz CT molecular complexity index is 1060. The van der Waals surface area contributed by atoms with Gasteiger partial charge in [0.15, 0.2) is 11.6 Å². The molecule has 0 unspecified atom stereocenters. The van der Waals surface area contributed by atoms with Gasteiger partial charge in [0.2, 0.25) is 0 Å². The maximum absolute atomic E-state index is 12.9. The van der Waals surface area contributed by atoms with E-state index in [2.05, 4.69) is 0 Å². The van der Waals surface area contributed by atoms with Gasteiger partial charge in [-0.3, -0.25) is 15.0 Å². The molecule has 0 spiro atoms. The van der Waals surface area contributed by atoms with Crippen molar-refractivity contribution in [2.45, 2.75) is 31.5 Å². The minimum Gasteiger partial charge on any atom is -0.507 e. The Kier molecular flexibility index (Phi) is 3.53. The number of phenolic OH excluding ortho intramolecular Hbond substituents is 2. The fourth-order valence-electron chi connectivity index (χ4n) is 4.02. The van der Waals surface area contributed by atoms with Crippen LogP contribution in [0, 0.1) is 5.41 Å². The minimum absolute atomic E-state index is 0.0526. The summed E-state index contributed by atoms with van der Waals surface area (Å²) in [6.07, 6.45) is -2.12. The Hall–Kier alpha value is -3.03. The lowest BCUT2D eigenvalue weighted by atomic mass is 9.72. The molecule has 27 heavy (non-hydrogen) atoms. The maximum atomic E-state index is 12.9. The van der Waals surface area contributed by atoms with E-state index >= 15 is 0 Å². The van der Waals surface area contributed by atoms with Crippen molar-refractivity contribution in [2.75, 3.05) is 0 Å². The molecule has 7 nitrogen and oxygen atoms in total. The van der Waals surface area contributed by atoms with Crippen LogP contribution < -0.4 is 0 Å². The number of carbonyl (C=O) groups excluding carboxylic acids is 2. The van der Waals surface area contributed by atoms with Crippen molar-refractivity contribution in [3.8, 4) is 11.5 Å². The zero-order valence-corrected chi connectivity index (χ0v) is 14.4. The van der Waals surface area contributed by atoms with Crippen molar-refractivity contribution in [3.05, 3.63) is 57.6 Å². The average molecular weight is 367 g/mol. The maximum Gasteiger partial charge on any atom is 0.198 e. The molecule has 2 aliphatic rings. The van der Waals surface area contributed by atoms with Crippen LogP contribution in [0.25, 0.3) is 0 Å². The Labute approximate surface area is 154 Å². The van der Waals surface area contributed by atoms with Gasteiger partial charge in [0, 0.05) is 35.1 Å². The number of hydrogen-bond acceptors (Lipinski definition) is 7. The van der Waals surface area contributed by atoms with Crippen molar-refractivity contribution < 1.29 is 30.0 Å². The number of aromatic hydroxyl groups is 2. The van der Waals surface area contributed by atoms with Crippen molar-refractivity contribution in [1.29, 1.82) is 5.41 Å². The number of carbonyl (C=O) groups is 2. The predicted octanol–water partition coefficient (Wildman–Crippen LogP) is 1.36. The Balaban J connectivity index is 2.04. The van der Waals surface area contributed by atoms with Gasteiger partial charge in [0.1, 0.15) is 17.1 Å². The number of nitrogens with one attached hydrogen (secondary N) is 1. The predicted molar refractivity (Wildman–Crippen MR) is 94.5 cm³/mol. The van der Waals surface area contributed by atoms with Crippen LogP contribution in [0.5, 0.6) is 11.5 Å². The topological polar surface area (TPSA) is 139 Å². The van der Waals surface area contributed by atoms with Gasteiger partial charge < -0.3 is 20.4 Å². The summed E-state index contributed by atoms with van der Waals surface area (Å²) in [6, 6.07) is 6.37. The SMILES string of the molecule is CC(=O)[C@@]1(O)Cc2c(O)c3c(c(O)c2[C@H](O)C1)C(=N)c1ccccc1C3=O. The van der Waals surface area contributed by atoms with E-state index in [1.165, 1.54) is 13.0 Å². The third-order valence-corrected chi connectivity index (χ3v) is 5.50. The van der Waals surface area contributed by atoms with Gasteiger partial charge in [0.25, 0.3) is 0 Å². The number of aliphatic hydroxyl groups excluding tert-OH is 1. The molecule has 0 saturated carbocycles. The third-order valence-electron chi connectivity index (χ3n) is 5.50. The monoisotopic (exact) mass is 367 g/mol. The lowest BCUT2D eigenvalue weighted by Gasteiger charge is -2.36. The number of hydrogen-bond donors (Lipinski definition) is 5. The summed E-state index contributed by atoms with van der Waals surface area (Å²) in [7, 11) is 0. The summed E-state index contributed by atoms with van der Waals surface area (Å²) in [5, 5.41) is 50.9. The lowest BCUT2D eigenvalue weighted by molar-refractivity contribution is -0.139. The molecule has 138 valence electrons. The molecular formula is C20H17NO6. The van der Waals surface area contributed by atoms with E-state index < -0.39 is 34.8 Å². The highest BCUT2D eigenvalue weighted by atomic mass is 16.3. The van der Waals surface area contributed by atoms with Crippen molar-refractivity contribution in [1.82, 2.24) is 0 Å². The highest BCUT2D eigenvalue weighted by Gasteiger charge is 2.46. The molecule has 5 N–H and O–H groups in total. The fourth-order valence-corrected chi connectivity index (χ4v) is 4.02. The number of rotatable bonds is 1. The Morgan fingerprint density at radius 3 is 2.41 bits per heavy atom. The standard InChI is InChI=1S/C20H17NO6/c1-8(22)20(27)6-11-13(12(23)7-20)19(26)14-15(18(11)25)17(24)10-5-3-2-4-9(10)16(14)21/h2-5,12,21,23,25-27H,6-7H2,1H3/t12-,20-/m1/s1.